The fourth-order valence-corrected chi connectivity index (χ4v) is 3.42. The minimum absolute atomic E-state index is 0.149. The molecule has 32 heavy (non-hydrogen) atoms. The third-order valence-electron chi connectivity index (χ3n) is 5.15. The predicted octanol–water partition coefficient (Wildman–Crippen LogP) is 4.82. The van der Waals surface area contributed by atoms with Crippen molar-refractivity contribution in [2.45, 2.75) is 33.9 Å². The summed E-state index contributed by atoms with van der Waals surface area (Å²) in [6, 6.07) is 12.4. The number of carbonyl (C=O) groups excluding carboxylic acids is 1. The highest BCUT2D eigenvalue weighted by atomic mass is 19.1. The summed E-state index contributed by atoms with van der Waals surface area (Å²) in [5.41, 5.74) is 3.71. The fraction of sp³-hybridized carbons (Fsp3) is 0.208. The van der Waals surface area contributed by atoms with Crippen LogP contribution in [0.25, 0.3) is 0 Å². The molecule has 7 nitrogen and oxygen atoms in total. The van der Waals surface area contributed by atoms with E-state index in [0.29, 0.717) is 22.6 Å². The van der Waals surface area contributed by atoms with Gasteiger partial charge in [0.25, 0.3) is 5.91 Å². The third kappa shape index (κ3) is 4.54. The first-order chi connectivity index (χ1) is 15.4. The van der Waals surface area contributed by atoms with E-state index in [9.17, 15) is 9.18 Å². The molecule has 0 saturated heterocycles. The standard InChI is InChI=1S/C24H23FN4O3/c1-15-7-6-8-16(2)23(15)31-14-20-17(3)32-28-22(20)24(30)27-19-11-26-29(13-19)12-18-9-4-5-10-21(18)25/h4-11,13H,12,14H2,1-3H3,(H,27,30). The van der Waals surface area contributed by atoms with Gasteiger partial charge in [0, 0.05) is 11.8 Å². The molecule has 4 aromatic rings. The molecule has 8 heteroatoms. The summed E-state index contributed by atoms with van der Waals surface area (Å²) < 4.78 is 26.6. The molecule has 0 aliphatic rings. The van der Waals surface area contributed by atoms with Gasteiger partial charge in [-0.25, -0.2) is 4.39 Å². The van der Waals surface area contributed by atoms with Crippen molar-refractivity contribution in [1.82, 2.24) is 14.9 Å². The number of ether oxygens (including phenoxy) is 1. The smallest absolute Gasteiger partial charge is 0.278 e. The van der Waals surface area contributed by atoms with Crippen LogP contribution in [0.3, 0.4) is 0 Å². The Balaban J connectivity index is 1.46. The Labute approximate surface area is 184 Å². The quantitative estimate of drug-likeness (QED) is 0.451. The molecule has 0 unspecified atom stereocenters. The minimum Gasteiger partial charge on any atom is -0.488 e. The normalized spacial score (nSPS) is 10.9. The largest absolute Gasteiger partial charge is 0.488 e. The summed E-state index contributed by atoms with van der Waals surface area (Å²) in [5.74, 6) is 0.540. The molecule has 2 heterocycles. The van der Waals surface area contributed by atoms with Crippen LogP contribution in [-0.2, 0) is 13.2 Å². The lowest BCUT2D eigenvalue weighted by Gasteiger charge is -2.12. The number of aryl methyl sites for hydroxylation is 3. The number of nitrogens with zero attached hydrogens (tertiary/aromatic N) is 3. The molecule has 4 rings (SSSR count). The van der Waals surface area contributed by atoms with Crippen LogP contribution in [0.15, 0.2) is 59.4 Å². The molecule has 164 valence electrons. The van der Waals surface area contributed by atoms with Gasteiger partial charge in [-0.15, -0.1) is 0 Å². The molecule has 0 aliphatic carbocycles. The molecule has 2 aromatic heterocycles. The molecule has 0 spiro atoms. The summed E-state index contributed by atoms with van der Waals surface area (Å²) in [7, 11) is 0. The monoisotopic (exact) mass is 434 g/mol. The highest BCUT2D eigenvalue weighted by Gasteiger charge is 2.21. The Hall–Kier alpha value is -3.94. The van der Waals surface area contributed by atoms with Gasteiger partial charge in [-0.1, -0.05) is 41.6 Å². The average molecular weight is 434 g/mol. The highest BCUT2D eigenvalue weighted by Crippen LogP contribution is 2.25. The maximum atomic E-state index is 13.9. The van der Waals surface area contributed by atoms with Crippen LogP contribution in [0.5, 0.6) is 5.75 Å². The van der Waals surface area contributed by atoms with Crippen molar-refractivity contribution >= 4 is 11.6 Å². The van der Waals surface area contributed by atoms with Crippen LogP contribution in [-0.4, -0.2) is 20.8 Å². The van der Waals surface area contributed by atoms with Crippen LogP contribution in [0.4, 0.5) is 10.1 Å². The average Bonchev–Trinajstić information content (AvgIpc) is 3.35. The fourth-order valence-electron chi connectivity index (χ4n) is 3.42. The van der Waals surface area contributed by atoms with Gasteiger partial charge in [-0.2, -0.15) is 5.10 Å². The molecule has 1 amide bonds. The summed E-state index contributed by atoms with van der Waals surface area (Å²) in [5, 5.41) is 10.9. The number of halogens is 1. The molecule has 0 atom stereocenters. The van der Waals surface area contributed by atoms with Gasteiger partial charge in [-0.3, -0.25) is 9.48 Å². The van der Waals surface area contributed by atoms with E-state index in [-0.39, 0.29) is 24.7 Å². The Bertz CT molecular complexity index is 1240. The van der Waals surface area contributed by atoms with E-state index in [1.807, 2.05) is 32.0 Å². The number of carbonyl (C=O) groups is 1. The van der Waals surface area contributed by atoms with E-state index in [1.165, 1.54) is 12.3 Å². The molecular formula is C24H23FN4O3. The van der Waals surface area contributed by atoms with Crippen LogP contribution in [0, 0.1) is 26.6 Å². The van der Waals surface area contributed by atoms with E-state index < -0.39 is 5.91 Å². The summed E-state index contributed by atoms with van der Waals surface area (Å²) in [6.45, 7) is 6.07. The van der Waals surface area contributed by atoms with Gasteiger partial charge >= 0.3 is 0 Å². The van der Waals surface area contributed by atoms with Gasteiger partial charge in [-0.05, 0) is 38.0 Å². The number of nitrogens with one attached hydrogen (secondary N) is 1. The molecule has 0 saturated carbocycles. The van der Waals surface area contributed by atoms with Crippen molar-refractivity contribution in [3.8, 4) is 5.75 Å². The number of para-hydroxylation sites is 1. The molecule has 0 fully saturated rings. The maximum absolute atomic E-state index is 13.9. The highest BCUT2D eigenvalue weighted by molar-refractivity contribution is 6.03. The van der Waals surface area contributed by atoms with Gasteiger partial charge in [0.05, 0.1) is 24.0 Å². The number of rotatable bonds is 7. The van der Waals surface area contributed by atoms with Gasteiger partial charge < -0.3 is 14.6 Å². The Kier molecular flexibility index (Phi) is 6.02. The predicted molar refractivity (Wildman–Crippen MR) is 117 cm³/mol. The number of hydrogen-bond donors (Lipinski definition) is 1. The summed E-state index contributed by atoms with van der Waals surface area (Å²) in [6.07, 6.45) is 3.13. The second kappa shape index (κ2) is 9.05. The topological polar surface area (TPSA) is 82.2 Å². The molecule has 0 radical (unpaired) electrons. The van der Waals surface area contributed by atoms with E-state index >= 15 is 0 Å². The first kappa shape index (κ1) is 21.3. The van der Waals surface area contributed by atoms with E-state index in [1.54, 1.807) is 36.0 Å². The van der Waals surface area contributed by atoms with Crippen molar-refractivity contribution in [1.29, 1.82) is 0 Å². The summed E-state index contributed by atoms with van der Waals surface area (Å²) >= 11 is 0. The van der Waals surface area contributed by atoms with E-state index in [2.05, 4.69) is 15.6 Å². The SMILES string of the molecule is Cc1cccc(C)c1OCc1c(C(=O)Nc2cnn(Cc3ccccc3F)c2)noc1C. The van der Waals surface area contributed by atoms with Gasteiger partial charge in [0.1, 0.15) is 23.9 Å². The van der Waals surface area contributed by atoms with Crippen molar-refractivity contribution in [2.75, 3.05) is 5.32 Å². The molecule has 1 N–H and O–H groups in total. The third-order valence-corrected chi connectivity index (χ3v) is 5.15. The van der Waals surface area contributed by atoms with Crippen LogP contribution < -0.4 is 10.1 Å². The van der Waals surface area contributed by atoms with Crippen molar-refractivity contribution in [3.63, 3.8) is 0 Å². The van der Waals surface area contributed by atoms with Crippen molar-refractivity contribution in [3.05, 3.63) is 94.4 Å². The molecule has 0 bridgehead atoms. The number of aromatic nitrogens is 3. The Morgan fingerprint density at radius 3 is 2.62 bits per heavy atom. The summed E-state index contributed by atoms with van der Waals surface area (Å²) in [4.78, 5) is 12.8. The molecule has 0 aliphatic heterocycles. The van der Waals surface area contributed by atoms with E-state index in [0.717, 1.165) is 16.9 Å². The number of benzene rings is 2. The molecule has 2 aromatic carbocycles. The zero-order chi connectivity index (χ0) is 22.7. The van der Waals surface area contributed by atoms with Crippen LogP contribution in [0.2, 0.25) is 0 Å². The minimum atomic E-state index is -0.438. The Morgan fingerprint density at radius 2 is 1.88 bits per heavy atom. The van der Waals surface area contributed by atoms with Gasteiger partial charge in [0.15, 0.2) is 5.69 Å². The Morgan fingerprint density at radius 1 is 1.12 bits per heavy atom. The first-order valence-electron chi connectivity index (χ1n) is 10.1. The van der Waals surface area contributed by atoms with Crippen molar-refractivity contribution in [2.24, 2.45) is 0 Å². The number of amides is 1. The zero-order valence-corrected chi connectivity index (χ0v) is 18.1. The van der Waals surface area contributed by atoms with E-state index in [4.69, 9.17) is 9.26 Å². The van der Waals surface area contributed by atoms with Crippen LogP contribution in [0.1, 0.15) is 38.5 Å². The molecular weight excluding hydrogens is 411 g/mol. The second-order valence-corrected chi connectivity index (χ2v) is 7.55. The number of anilines is 1. The lowest BCUT2D eigenvalue weighted by atomic mass is 10.1. The zero-order valence-electron chi connectivity index (χ0n) is 18.1. The lowest BCUT2D eigenvalue weighted by molar-refractivity contribution is 0.101. The number of hydrogen-bond acceptors (Lipinski definition) is 5. The second-order valence-electron chi connectivity index (χ2n) is 7.55. The lowest BCUT2D eigenvalue weighted by Crippen LogP contribution is -2.15. The van der Waals surface area contributed by atoms with Crippen molar-refractivity contribution < 1.29 is 18.4 Å². The van der Waals surface area contributed by atoms with Crippen LogP contribution >= 0.6 is 0 Å². The first-order valence-corrected chi connectivity index (χ1v) is 10.1. The maximum Gasteiger partial charge on any atom is 0.278 e. The van der Waals surface area contributed by atoms with Gasteiger partial charge in [0.2, 0.25) is 0 Å².